The first-order valence-corrected chi connectivity index (χ1v) is 14.2. The normalized spacial score (nSPS) is 19.4. The van der Waals surface area contributed by atoms with Crippen molar-refractivity contribution in [3.05, 3.63) is 39.7 Å². The molecule has 1 aliphatic heterocycles. The largest absolute Gasteiger partial charge is 0.447 e. The summed E-state index contributed by atoms with van der Waals surface area (Å²) in [6.45, 7) is 13.1. The standard InChI is InChI=1S/C29H43N3O3S/c1-28(2)11-12-29(3,4)24-19-22(7-8-23(24)28)25-20-36-26(30-25)21-9-13-32(14-10-21)27(33)35-18-17-34-16-15-31(5)6/h7-8,19-21H,9-18H2,1-6H3. The maximum atomic E-state index is 12.4. The van der Waals surface area contributed by atoms with E-state index in [1.807, 2.05) is 19.0 Å². The fourth-order valence-corrected chi connectivity index (χ4v) is 6.29. The van der Waals surface area contributed by atoms with E-state index >= 15 is 0 Å². The number of likely N-dealkylation sites (N-methyl/N-ethyl adjacent to an activating group) is 1. The molecule has 36 heavy (non-hydrogen) atoms. The van der Waals surface area contributed by atoms with Crippen molar-refractivity contribution in [3.63, 3.8) is 0 Å². The highest BCUT2D eigenvalue weighted by molar-refractivity contribution is 7.10. The Morgan fingerprint density at radius 3 is 2.44 bits per heavy atom. The summed E-state index contributed by atoms with van der Waals surface area (Å²) >= 11 is 1.76. The lowest BCUT2D eigenvalue weighted by atomic mass is 9.63. The van der Waals surface area contributed by atoms with Gasteiger partial charge in [-0.05, 0) is 67.8 Å². The topological polar surface area (TPSA) is 54.9 Å². The van der Waals surface area contributed by atoms with Crippen LogP contribution in [-0.2, 0) is 20.3 Å². The SMILES string of the molecule is CN(C)CCOCCOC(=O)N1CCC(c2nc(-c3ccc4c(c3)C(C)(C)CCC4(C)C)cs2)CC1. The number of benzene rings is 1. The Morgan fingerprint density at radius 1 is 1.06 bits per heavy atom. The number of fused-ring (bicyclic) bond motifs is 1. The van der Waals surface area contributed by atoms with Crippen LogP contribution in [0.3, 0.4) is 0 Å². The zero-order chi connectivity index (χ0) is 25.9. The van der Waals surface area contributed by atoms with Gasteiger partial charge in [0.25, 0.3) is 0 Å². The van der Waals surface area contributed by atoms with E-state index in [4.69, 9.17) is 14.5 Å². The Bertz CT molecular complexity index is 1040. The lowest BCUT2D eigenvalue weighted by Gasteiger charge is -2.42. The molecular formula is C29H43N3O3S. The van der Waals surface area contributed by atoms with Crippen LogP contribution in [0.2, 0.25) is 0 Å². The molecule has 198 valence electrons. The highest BCUT2D eigenvalue weighted by Gasteiger charge is 2.37. The number of carbonyl (C=O) groups excluding carboxylic acids is 1. The first kappa shape index (κ1) is 27.1. The minimum Gasteiger partial charge on any atom is -0.447 e. The van der Waals surface area contributed by atoms with E-state index in [0.717, 1.165) is 25.1 Å². The summed E-state index contributed by atoms with van der Waals surface area (Å²) in [6, 6.07) is 6.98. The minimum atomic E-state index is -0.232. The zero-order valence-corrected chi connectivity index (χ0v) is 23.7. The first-order chi connectivity index (χ1) is 17.1. The average molecular weight is 514 g/mol. The van der Waals surface area contributed by atoms with Gasteiger partial charge in [-0.2, -0.15) is 0 Å². The highest BCUT2D eigenvalue weighted by Crippen LogP contribution is 2.47. The van der Waals surface area contributed by atoms with Gasteiger partial charge in [-0.1, -0.05) is 39.8 Å². The number of nitrogens with zero attached hydrogens (tertiary/aromatic N) is 3. The third kappa shape index (κ3) is 6.29. The summed E-state index contributed by atoms with van der Waals surface area (Å²) < 4.78 is 10.9. The Balaban J connectivity index is 1.31. The Kier molecular flexibility index (Phi) is 8.42. The molecule has 0 N–H and O–H groups in total. The van der Waals surface area contributed by atoms with Gasteiger partial charge in [0.1, 0.15) is 6.61 Å². The van der Waals surface area contributed by atoms with Crippen LogP contribution in [0.25, 0.3) is 11.3 Å². The van der Waals surface area contributed by atoms with Crippen LogP contribution < -0.4 is 0 Å². The number of thiazole rings is 1. The van der Waals surface area contributed by atoms with Gasteiger partial charge in [0.05, 0.1) is 23.9 Å². The predicted molar refractivity (Wildman–Crippen MR) is 147 cm³/mol. The third-order valence-electron chi connectivity index (χ3n) is 7.91. The van der Waals surface area contributed by atoms with Gasteiger partial charge < -0.3 is 19.3 Å². The number of hydrogen-bond acceptors (Lipinski definition) is 6. The maximum absolute atomic E-state index is 12.4. The van der Waals surface area contributed by atoms with Crippen molar-refractivity contribution in [2.45, 2.75) is 70.1 Å². The van der Waals surface area contributed by atoms with Crippen LogP contribution in [0, 0.1) is 0 Å². The summed E-state index contributed by atoms with van der Waals surface area (Å²) in [5.74, 6) is 0.398. The molecule has 0 saturated carbocycles. The fourth-order valence-electron chi connectivity index (χ4n) is 5.29. The van der Waals surface area contributed by atoms with Gasteiger partial charge in [0, 0.05) is 36.5 Å². The zero-order valence-electron chi connectivity index (χ0n) is 22.9. The number of likely N-dealkylation sites (tertiary alicyclic amines) is 1. The summed E-state index contributed by atoms with van der Waals surface area (Å²) in [7, 11) is 4.02. The number of amides is 1. The molecule has 6 nitrogen and oxygen atoms in total. The molecule has 2 aliphatic rings. The molecule has 1 saturated heterocycles. The third-order valence-corrected chi connectivity index (χ3v) is 8.92. The number of carbonyl (C=O) groups is 1. The fraction of sp³-hybridized carbons (Fsp3) is 0.655. The van der Waals surface area contributed by atoms with Gasteiger partial charge in [0.15, 0.2) is 0 Å². The molecule has 4 rings (SSSR count). The molecule has 0 spiro atoms. The summed E-state index contributed by atoms with van der Waals surface area (Å²) in [5, 5.41) is 3.39. The first-order valence-electron chi connectivity index (χ1n) is 13.3. The van der Waals surface area contributed by atoms with E-state index in [9.17, 15) is 4.79 Å². The molecule has 1 amide bonds. The summed E-state index contributed by atoms with van der Waals surface area (Å²) in [4.78, 5) is 21.4. The monoisotopic (exact) mass is 513 g/mol. The second-order valence-corrected chi connectivity index (χ2v) is 12.8. The van der Waals surface area contributed by atoms with Crippen LogP contribution in [0.1, 0.15) is 75.4 Å². The Labute approximate surface area is 221 Å². The maximum Gasteiger partial charge on any atom is 0.409 e. The van der Waals surface area contributed by atoms with Crippen LogP contribution >= 0.6 is 11.3 Å². The smallest absolute Gasteiger partial charge is 0.409 e. The van der Waals surface area contributed by atoms with Crippen LogP contribution in [0.15, 0.2) is 23.6 Å². The molecular weight excluding hydrogens is 470 g/mol. The van der Waals surface area contributed by atoms with Crippen molar-refractivity contribution in [1.82, 2.24) is 14.8 Å². The predicted octanol–water partition coefficient (Wildman–Crippen LogP) is 6.05. The molecule has 2 aromatic rings. The van der Waals surface area contributed by atoms with Crippen molar-refractivity contribution in [1.29, 1.82) is 0 Å². The number of rotatable bonds is 8. The molecule has 1 aliphatic carbocycles. The van der Waals surface area contributed by atoms with Crippen molar-refractivity contribution in [2.24, 2.45) is 0 Å². The molecule has 0 bridgehead atoms. The van der Waals surface area contributed by atoms with Gasteiger partial charge in [-0.3, -0.25) is 0 Å². The second-order valence-electron chi connectivity index (χ2n) is 11.9. The summed E-state index contributed by atoms with van der Waals surface area (Å²) in [6.07, 6.45) is 4.05. The van der Waals surface area contributed by atoms with Crippen molar-refractivity contribution < 1.29 is 14.3 Å². The number of hydrogen-bond donors (Lipinski definition) is 0. The van der Waals surface area contributed by atoms with Crippen LogP contribution in [-0.4, -0.2) is 74.4 Å². The van der Waals surface area contributed by atoms with E-state index in [0.29, 0.717) is 38.8 Å². The molecule has 0 radical (unpaired) electrons. The van der Waals surface area contributed by atoms with Crippen LogP contribution in [0.5, 0.6) is 0 Å². The van der Waals surface area contributed by atoms with E-state index < -0.39 is 0 Å². The lowest BCUT2D eigenvalue weighted by Crippen LogP contribution is -2.38. The second kappa shape index (κ2) is 11.2. The highest BCUT2D eigenvalue weighted by atomic mass is 32.1. The molecule has 0 atom stereocenters. The van der Waals surface area contributed by atoms with E-state index in [1.165, 1.54) is 34.5 Å². The average Bonchev–Trinajstić information content (AvgIpc) is 3.34. The number of aromatic nitrogens is 1. The molecule has 0 unspecified atom stereocenters. The van der Waals surface area contributed by atoms with E-state index in [1.54, 1.807) is 11.3 Å². The van der Waals surface area contributed by atoms with Gasteiger partial charge in [0.2, 0.25) is 0 Å². The van der Waals surface area contributed by atoms with Gasteiger partial charge >= 0.3 is 6.09 Å². The number of piperidine rings is 1. The van der Waals surface area contributed by atoms with E-state index in [-0.39, 0.29) is 16.9 Å². The van der Waals surface area contributed by atoms with Gasteiger partial charge in [-0.15, -0.1) is 11.3 Å². The lowest BCUT2D eigenvalue weighted by molar-refractivity contribution is 0.0468. The van der Waals surface area contributed by atoms with Crippen LogP contribution in [0.4, 0.5) is 4.79 Å². The minimum absolute atomic E-state index is 0.194. The molecule has 1 fully saturated rings. The van der Waals surface area contributed by atoms with Crippen molar-refractivity contribution >= 4 is 17.4 Å². The van der Waals surface area contributed by atoms with Gasteiger partial charge in [-0.25, -0.2) is 9.78 Å². The van der Waals surface area contributed by atoms with E-state index in [2.05, 4.69) is 56.2 Å². The quantitative estimate of drug-likeness (QED) is 0.402. The number of ether oxygens (including phenoxy) is 2. The molecule has 7 heteroatoms. The Hall–Kier alpha value is -1.96. The van der Waals surface area contributed by atoms with Crippen molar-refractivity contribution in [2.75, 3.05) is 53.6 Å². The molecule has 1 aromatic carbocycles. The Morgan fingerprint density at radius 2 is 1.75 bits per heavy atom. The summed E-state index contributed by atoms with van der Waals surface area (Å²) in [5.41, 5.74) is 5.67. The molecule has 1 aromatic heterocycles. The van der Waals surface area contributed by atoms with Crippen molar-refractivity contribution in [3.8, 4) is 11.3 Å². The molecule has 2 heterocycles.